The summed E-state index contributed by atoms with van der Waals surface area (Å²) in [6, 6.07) is 16.0. The van der Waals surface area contributed by atoms with Crippen LogP contribution in [0.15, 0.2) is 83.3 Å². The third-order valence-electron chi connectivity index (χ3n) is 8.35. The average Bonchev–Trinajstić information content (AvgIpc) is 3.31. The topological polar surface area (TPSA) is 88.3 Å². The van der Waals surface area contributed by atoms with Crippen molar-refractivity contribution in [1.29, 1.82) is 0 Å². The second kappa shape index (κ2) is 11.3. The van der Waals surface area contributed by atoms with E-state index in [1.54, 1.807) is 19.1 Å². The Bertz CT molecular complexity index is 1560. The van der Waals surface area contributed by atoms with E-state index in [1.807, 2.05) is 47.9 Å². The van der Waals surface area contributed by atoms with Gasteiger partial charge < -0.3 is 14.7 Å². The van der Waals surface area contributed by atoms with Gasteiger partial charge in [0.2, 0.25) is 18.0 Å². The van der Waals surface area contributed by atoms with E-state index < -0.39 is 10.8 Å². The molecule has 5 rings (SSSR count). The number of ketones is 1. The molecule has 1 aliphatic carbocycles. The zero-order valence-corrected chi connectivity index (χ0v) is 25.2. The van der Waals surface area contributed by atoms with Gasteiger partial charge >= 0.3 is 5.97 Å². The van der Waals surface area contributed by atoms with Crippen molar-refractivity contribution in [1.82, 2.24) is 0 Å². The van der Waals surface area contributed by atoms with E-state index in [9.17, 15) is 14.7 Å². The number of anilines is 1. The number of Topliss-reactive ketones (excluding diaryl/α,β-unsaturated/α-hetero) is 1. The first-order valence-electron chi connectivity index (χ1n) is 14.5. The number of fused-ring (bicyclic) bond motifs is 2. The highest BCUT2D eigenvalue weighted by Gasteiger charge is 2.47. The van der Waals surface area contributed by atoms with Gasteiger partial charge in [-0.1, -0.05) is 50.2 Å². The first-order valence-corrected chi connectivity index (χ1v) is 14.5. The number of nitrogens with zero attached hydrogens (tertiary/aromatic N) is 2. The zero-order valence-electron chi connectivity index (χ0n) is 25.2. The van der Waals surface area contributed by atoms with Gasteiger partial charge in [0.05, 0.1) is 29.8 Å². The van der Waals surface area contributed by atoms with E-state index in [4.69, 9.17) is 14.5 Å². The van der Waals surface area contributed by atoms with Crippen molar-refractivity contribution in [2.75, 3.05) is 37.8 Å². The summed E-state index contributed by atoms with van der Waals surface area (Å²) in [7, 11) is 0. The summed E-state index contributed by atoms with van der Waals surface area (Å²) < 4.78 is 7.13. The second-order valence-electron chi connectivity index (χ2n) is 11.6. The predicted molar refractivity (Wildman–Crippen MR) is 161 cm³/mol. The third-order valence-corrected chi connectivity index (χ3v) is 8.35. The molecule has 0 radical (unpaired) electrons. The van der Waals surface area contributed by atoms with E-state index in [1.165, 1.54) is 0 Å². The molecule has 220 valence electrons. The molecule has 42 heavy (non-hydrogen) atoms. The molecule has 3 aliphatic rings. The number of ether oxygens (including phenoxy) is 1. The molecule has 2 heterocycles. The molecule has 2 aromatic rings. The number of aliphatic hydroxyl groups is 1. The molecule has 0 atom stereocenters. The number of allylic oxidation sites excluding steroid dienone is 5. The molecule has 0 bridgehead atoms. The zero-order chi connectivity index (χ0) is 30.2. The normalized spacial score (nSPS) is 20.3. The second-order valence-corrected chi connectivity index (χ2v) is 11.6. The summed E-state index contributed by atoms with van der Waals surface area (Å²) in [4.78, 5) is 38.7. The first-order chi connectivity index (χ1) is 20.0. The Morgan fingerprint density at radius 2 is 1.62 bits per heavy atom. The van der Waals surface area contributed by atoms with E-state index in [-0.39, 0.29) is 41.8 Å². The number of esters is 1. The van der Waals surface area contributed by atoms with Gasteiger partial charge in [0, 0.05) is 41.1 Å². The lowest BCUT2D eigenvalue weighted by molar-refractivity contribution is -0.428. The lowest BCUT2D eigenvalue weighted by atomic mass is 9.77. The van der Waals surface area contributed by atoms with Crippen LogP contribution in [0.1, 0.15) is 52.7 Å². The predicted octanol–water partition coefficient (Wildman–Crippen LogP) is 5.60. The molecule has 0 saturated heterocycles. The highest BCUT2D eigenvalue weighted by Crippen LogP contribution is 2.49. The van der Waals surface area contributed by atoms with Gasteiger partial charge in [-0.2, -0.15) is 4.58 Å². The lowest BCUT2D eigenvalue weighted by Gasteiger charge is -2.29. The minimum absolute atomic E-state index is 0.00813. The number of carbonyl (C=O) groups is 2. The SMILES string of the molecule is CCOOCCN1C(=CC2=C(O)/C(=C\C3=[N+](CC(=O)OCC)c4ccccc4C3(C)C)C2=O)C(C)(C)c2ccccc21. The van der Waals surface area contributed by atoms with Crippen molar-refractivity contribution in [2.45, 2.75) is 52.4 Å². The van der Waals surface area contributed by atoms with Crippen LogP contribution in [-0.4, -0.2) is 60.1 Å². The minimum Gasteiger partial charge on any atom is -0.506 e. The molecule has 2 aromatic carbocycles. The molecule has 0 aromatic heterocycles. The molecule has 1 N–H and O–H groups in total. The summed E-state index contributed by atoms with van der Waals surface area (Å²) in [6.07, 6.45) is 3.52. The van der Waals surface area contributed by atoms with Gasteiger partial charge in [-0.25, -0.2) is 14.6 Å². The monoisotopic (exact) mass is 571 g/mol. The Morgan fingerprint density at radius 1 is 0.929 bits per heavy atom. The Balaban J connectivity index is 1.55. The molecule has 0 spiro atoms. The minimum atomic E-state index is -0.503. The van der Waals surface area contributed by atoms with Crippen molar-refractivity contribution in [3.63, 3.8) is 0 Å². The fourth-order valence-corrected chi connectivity index (χ4v) is 6.20. The number of para-hydroxylation sites is 2. The molecule has 0 amide bonds. The standard InChI is InChI=1S/C34H38N2O6/c1-7-40-30(37)21-36-27-16-12-10-14-25(27)34(5,6)29(36)20-23-31(38)22(32(23)39)19-28-33(3,4)24-13-9-11-15-26(24)35(28)17-18-42-41-8-2/h9-16,19-20H,7-8,17-18,21H2,1-6H3/p+1. The fraction of sp³-hybridized carbons (Fsp3) is 0.382. The van der Waals surface area contributed by atoms with Crippen LogP contribution in [0.5, 0.6) is 0 Å². The summed E-state index contributed by atoms with van der Waals surface area (Å²) >= 11 is 0. The molecule has 8 nitrogen and oxygen atoms in total. The lowest BCUT2D eigenvalue weighted by Crippen LogP contribution is -2.33. The Labute approximate surface area is 247 Å². The summed E-state index contributed by atoms with van der Waals surface area (Å²) in [5.41, 5.74) is 5.31. The van der Waals surface area contributed by atoms with E-state index in [2.05, 4.69) is 44.7 Å². The number of carbonyl (C=O) groups excluding carboxylic acids is 2. The molecular weight excluding hydrogens is 532 g/mol. The van der Waals surface area contributed by atoms with Gasteiger partial charge in [-0.3, -0.25) is 4.79 Å². The molecule has 0 saturated carbocycles. The van der Waals surface area contributed by atoms with E-state index in [0.29, 0.717) is 19.8 Å². The number of rotatable bonds is 10. The van der Waals surface area contributed by atoms with Crippen molar-refractivity contribution in [3.8, 4) is 0 Å². The van der Waals surface area contributed by atoms with Crippen molar-refractivity contribution < 1.29 is 33.8 Å². The van der Waals surface area contributed by atoms with Crippen LogP contribution in [-0.2, 0) is 34.9 Å². The maximum Gasteiger partial charge on any atom is 0.372 e. The maximum absolute atomic E-state index is 13.6. The molecule has 0 unspecified atom stereocenters. The van der Waals surface area contributed by atoms with E-state index in [0.717, 1.165) is 33.9 Å². The maximum atomic E-state index is 13.6. The van der Waals surface area contributed by atoms with Crippen molar-refractivity contribution >= 4 is 28.8 Å². The molecular formula is C34H39N2O6+. The molecule has 8 heteroatoms. The van der Waals surface area contributed by atoms with Crippen LogP contribution in [0.25, 0.3) is 0 Å². The van der Waals surface area contributed by atoms with Crippen LogP contribution in [0.4, 0.5) is 11.4 Å². The number of hydrogen-bond acceptors (Lipinski definition) is 7. The number of benzene rings is 2. The van der Waals surface area contributed by atoms with Crippen LogP contribution in [0.2, 0.25) is 0 Å². The third kappa shape index (κ3) is 4.88. The Hall–Kier alpha value is -4.01. The van der Waals surface area contributed by atoms with Crippen LogP contribution in [0, 0.1) is 0 Å². The number of hydrogen-bond donors (Lipinski definition) is 1. The summed E-state index contributed by atoms with van der Waals surface area (Å²) in [5.74, 6) is -0.657. The van der Waals surface area contributed by atoms with Gasteiger partial charge in [-0.05, 0) is 45.4 Å². The summed E-state index contributed by atoms with van der Waals surface area (Å²) in [6.45, 7) is 13.6. The van der Waals surface area contributed by atoms with Crippen LogP contribution >= 0.6 is 0 Å². The highest BCUT2D eigenvalue weighted by atomic mass is 17.2. The fourth-order valence-electron chi connectivity index (χ4n) is 6.20. The van der Waals surface area contributed by atoms with Gasteiger partial charge in [0.1, 0.15) is 12.4 Å². The molecule has 2 aliphatic heterocycles. The quantitative estimate of drug-likeness (QED) is 0.0992. The van der Waals surface area contributed by atoms with Crippen LogP contribution in [0.3, 0.4) is 0 Å². The average molecular weight is 572 g/mol. The molecule has 0 fully saturated rings. The first kappa shape index (κ1) is 29.5. The van der Waals surface area contributed by atoms with E-state index >= 15 is 0 Å². The number of aliphatic hydroxyl groups excluding tert-OH is 1. The van der Waals surface area contributed by atoms with Gasteiger partial charge in [-0.15, -0.1) is 0 Å². The smallest absolute Gasteiger partial charge is 0.372 e. The largest absolute Gasteiger partial charge is 0.506 e. The van der Waals surface area contributed by atoms with Crippen molar-refractivity contribution in [3.05, 3.63) is 94.4 Å². The Kier molecular flexibility index (Phi) is 7.96. The van der Waals surface area contributed by atoms with Crippen LogP contribution < -0.4 is 4.90 Å². The highest BCUT2D eigenvalue weighted by molar-refractivity contribution is 6.24. The summed E-state index contributed by atoms with van der Waals surface area (Å²) in [5, 5.41) is 11.3. The van der Waals surface area contributed by atoms with Gasteiger partial charge in [0.15, 0.2) is 5.71 Å². The van der Waals surface area contributed by atoms with Crippen molar-refractivity contribution in [2.24, 2.45) is 0 Å². The Morgan fingerprint density at radius 3 is 2.31 bits per heavy atom. The van der Waals surface area contributed by atoms with Gasteiger partial charge in [0.25, 0.3) is 0 Å².